The van der Waals surface area contributed by atoms with E-state index >= 15 is 0 Å². The number of carbonyl (C=O) groups excluding carboxylic acids is 1. The second-order valence-electron chi connectivity index (χ2n) is 5.23. The fourth-order valence-electron chi connectivity index (χ4n) is 2.71. The standard InChI is InChI=1S/C12H20N6O2/c1-2-8-3-5-12(6-4-8,11(13)17-20)15-10(19)9-7-14-18-16-9/h7-8,20H,2-6H2,1H3,(H2,13,17)(H,15,19)(H,14,16,18). The van der Waals surface area contributed by atoms with E-state index in [2.05, 4.69) is 32.8 Å². The van der Waals surface area contributed by atoms with Gasteiger partial charge >= 0.3 is 0 Å². The Bertz CT molecular complexity index is 476. The largest absolute Gasteiger partial charge is 0.409 e. The smallest absolute Gasteiger partial charge is 0.274 e. The van der Waals surface area contributed by atoms with Gasteiger partial charge in [-0.3, -0.25) is 4.79 Å². The van der Waals surface area contributed by atoms with Crippen LogP contribution in [0, 0.1) is 5.92 Å². The molecule has 1 amide bonds. The molecule has 1 aliphatic rings. The van der Waals surface area contributed by atoms with Crippen molar-refractivity contribution in [3.8, 4) is 0 Å². The van der Waals surface area contributed by atoms with Crippen molar-refractivity contribution in [2.45, 2.75) is 44.6 Å². The molecule has 0 unspecified atom stereocenters. The van der Waals surface area contributed by atoms with E-state index in [1.54, 1.807) is 0 Å². The molecule has 0 atom stereocenters. The number of rotatable bonds is 4. The zero-order valence-corrected chi connectivity index (χ0v) is 11.5. The number of oxime groups is 1. The van der Waals surface area contributed by atoms with Gasteiger partial charge in [-0.1, -0.05) is 18.5 Å². The van der Waals surface area contributed by atoms with Crippen molar-refractivity contribution in [1.82, 2.24) is 20.7 Å². The predicted molar refractivity (Wildman–Crippen MR) is 72.2 cm³/mol. The summed E-state index contributed by atoms with van der Waals surface area (Å²) in [7, 11) is 0. The molecule has 110 valence electrons. The number of nitrogens with two attached hydrogens (primary N) is 1. The Kier molecular flexibility index (Phi) is 4.21. The Morgan fingerprint density at radius 2 is 2.35 bits per heavy atom. The molecule has 1 fully saturated rings. The van der Waals surface area contributed by atoms with Crippen LogP contribution in [-0.2, 0) is 0 Å². The van der Waals surface area contributed by atoms with Crippen molar-refractivity contribution >= 4 is 11.7 Å². The summed E-state index contributed by atoms with van der Waals surface area (Å²) in [6.45, 7) is 2.15. The molecule has 1 aromatic rings. The van der Waals surface area contributed by atoms with Gasteiger partial charge in [-0.25, -0.2) is 0 Å². The van der Waals surface area contributed by atoms with Gasteiger partial charge in [0.05, 0.1) is 6.20 Å². The number of amides is 1. The molecule has 0 saturated heterocycles. The molecular weight excluding hydrogens is 260 g/mol. The minimum atomic E-state index is -0.795. The minimum Gasteiger partial charge on any atom is -0.409 e. The first-order chi connectivity index (χ1) is 9.61. The van der Waals surface area contributed by atoms with Crippen LogP contribution in [0.5, 0.6) is 0 Å². The van der Waals surface area contributed by atoms with E-state index in [4.69, 9.17) is 10.9 Å². The Morgan fingerprint density at radius 1 is 1.65 bits per heavy atom. The zero-order valence-electron chi connectivity index (χ0n) is 11.5. The Morgan fingerprint density at radius 3 is 2.85 bits per heavy atom. The van der Waals surface area contributed by atoms with Crippen molar-refractivity contribution in [2.75, 3.05) is 0 Å². The average Bonchev–Trinajstić information content (AvgIpc) is 3.01. The third kappa shape index (κ3) is 2.73. The topological polar surface area (TPSA) is 129 Å². The van der Waals surface area contributed by atoms with Gasteiger partial charge in [0.1, 0.15) is 5.54 Å². The number of carbonyl (C=O) groups is 1. The molecule has 8 heteroatoms. The fourth-order valence-corrected chi connectivity index (χ4v) is 2.71. The lowest BCUT2D eigenvalue weighted by Gasteiger charge is -2.39. The van der Waals surface area contributed by atoms with Gasteiger partial charge in [-0.15, -0.1) is 0 Å². The summed E-state index contributed by atoms with van der Waals surface area (Å²) in [5, 5.41) is 24.7. The number of amidine groups is 1. The first kappa shape index (κ1) is 14.3. The van der Waals surface area contributed by atoms with Crippen molar-refractivity contribution in [3.63, 3.8) is 0 Å². The summed E-state index contributed by atoms with van der Waals surface area (Å²) in [4.78, 5) is 12.1. The molecule has 0 spiro atoms. The van der Waals surface area contributed by atoms with Crippen LogP contribution < -0.4 is 11.1 Å². The van der Waals surface area contributed by atoms with Crippen LogP contribution in [0.25, 0.3) is 0 Å². The molecule has 1 saturated carbocycles. The van der Waals surface area contributed by atoms with Crippen molar-refractivity contribution < 1.29 is 10.0 Å². The number of H-pyrrole nitrogens is 1. The van der Waals surface area contributed by atoms with Crippen LogP contribution in [0.4, 0.5) is 0 Å². The van der Waals surface area contributed by atoms with Crippen molar-refractivity contribution in [1.29, 1.82) is 0 Å². The Hall–Kier alpha value is -2.12. The highest BCUT2D eigenvalue weighted by atomic mass is 16.4. The second kappa shape index (κ2) is 5.89. The van der Waals surface area contributed by atoms with Crippen LogP contribution >= 0.6 is 0 Å². The fraction of sp³-hybridized carbons (Fsp3) is 0.667. The molecule has 5 N–H and O–H groups in total. The SMILES string of the molecule is CCC1CCC(NC(=O)c2cn[nH]n2)(C(N)=NO)CC1. The first-order valence-corrected chi connectivity index (χ1v) is 6.77. The van der Waals surface area contributed by atoms with Crippen LogP contribution in [-0.4, -0.2) is 37.9 Å². The Labute approximate surface area is 116 Å². The van der Waals surface area contributed by atoms with E-state index in [0.29, 0.717) is 18.8 Å². The number of hydrogen-bond donors (Lipinski definition) is 4. The van der Waals surface area contributed by atoms with E-state index in [0.717, 1.165) is 19.3 Å². The van der Waals surface area contributed by atoms with Gasteiger partial charge in [0.15, 0.2) is 11.5 Å². The zero-order chi connectivity index (χ0) is 14.6. The molecule has 0 bridgehead atoms. The summed E-state index contributed by atoms with van der Waals surface area (Å²) in [5.41, 5.74) is 5.21. The summed E-state index contributed by atoms with van der Waals surface area (Å²) in [6, 6.07) is 0. The maximum Gasteiger partial charge on any atom is 0.274 e. The second-order valence-corrected chi connectivity index (χ2v) is 5.23. The number of nitrogens with one attached hydrogen (secondary N) is 2. The molecule has 0 radical (unpaired) electrons. The third-order valence-corrected chi connectivity index (χ3v) is 4.13. The van der Waals surface area contributed by atoms with E-state index in [-0.39, 0.29) is 17.4 Å². The van der Waals surface area contributed by atoms with Crippen molar-refractivity contribution in [2.24, 2.45) is 16.8 Å². The molecule has 0 aliphatic heterocycles. The van der Waals surface area contributed by atoms with Gasteiger partial charge in [0.2, 0.25) is 0 Å². The third-order valence-electron chi connectivity index (χ3n) is 4.13. The van der Waals surface area contributed by atoms with E-state index < -0.39 is 5.54 Å². The maximum absolute atomic E-state index is 12.1. The molecule has 8 nitrogen and oxygen atoms in total. The normalized spacial score (nSPS) is 27.2. The summed E-state index contributed by atoms with van der Waals surface area (Å²) >= 11 is 0. The monoisotopic (exact) mass is 280 g/mol. The molecule has 20 heavy (non-hydrogen) atoms. The van der Waals surface area contributed by atoms with Gasteiger partial charge < -0.3 is 16.3 Å². The lowest BCUT2D eigenvalue weighted by molar-refractivity contribution is 0.0890. The molecule has 0 aromatic carbocycles. The van der Waals surface area contributed by atoms with E-state index in [1.807, 2.05) is 0 Å². The predicted octanol–water partition coefficient (Wildman–Crippen LogP) is 0.620. The van der Waals surface area contributed by atoms with E-state index in [9.17, 15) is 4.79 Å². The quantitative estimate of drug-likeness (QED) is 0.278. The lowest BCUT2D eigenvalue weighted by atomic mass is 9.75. The Balaban J connectivity index is 2.15. The molecule has 1 aliphatic carbocycles. The molecule has 1 aromatic heterocycles. The number of aromatic amines is 1. The van der Waals surface area contributed by atoms with Crippen LogP contribution in [0.15, 0.2) is 11.4 Å². The van der Waals surface area contributed by atoms with Crippen molar-refractivity contribution in [3.05, 3.63) is 11.9 Å². The highest BCUT2D eigenvalue weighted by Crippen LogP contribution is 2.34. The number of aromatic nitrogens is 3. The van der Waals surface area contributed by atoms with Crippen LogP contribution in [0.2, 0.25) is 0 Å². The number of hydrogen-bond acceptors (Lipinski definition) is 5. The average molecular weight is 280 g/mol. The maximum atomic E-state index is 12.1. The highest BCUT2D eigenvalue weighted by Gasteiger charge is 2.40. The van der Waals surface area contributed by atoms with E-state index in [1.165, 1.54) is 6.20 Å². The van der Waals surface area contributed by atoms with Crippen LogP contribution in [0.3, 0.4) is 0 Å². The highest BCUT2D eigenvalue weighted by molar-refractivity contribution is 5.99. The van der Waals surface area contributed by atoms with Gasteiger partial charge in [0, 0.05) is 0 Å². The summed E-state index contributed by atoms with van der Waals surface area (Å²) in [6.07, 6.45) is 5.63. The first-order valence-electron chi connectivity index (χ1n) is 6.77. The van der Waals surface area contributed by atoms with Gasteiger partial charge in [-0.2, -0.15) is 15.4 Å². The molecule has 2 rings (SSSR count). The molecular formula is C12H20N6O2. The lowest BCUT2D eigenvalue weighted by Crippen LogP contribution is -2.59. The summed E-state index contributed by atoms with van der Waals surface area (Å²) in [5.74, 6) is 0.294. The summed E-state index contributed by atoms with van der Waals surface area (Å²) < 4.78 is 0. The number of nitrogens with zero attached hydrogens (tertiary/aromatic N) is 3. The van der Waals surface area contributed by atoms with Crippen LogP contribution in [0.1, 0.15) is 49.5 Å². The molecule has 1 heterocycles. The van der Waals surface area contributed by atoms with Gasteiger partial charge in [0.25, 0.3) is 5.91 Å². The van der Waals surface area contributed by atoms with Gasteiger partial charge in [-0.05, 0) is 31.6 Å². The minimum absolute atomic E-state index is 0.0453.